The van der Waals surface area contributed by atoms with Crippen molar-refractivity contribution in [3.8, 4) is 0 Å². The lowest BCUT2D eigenvalue weighted by Gasteiger charge is -2.26. The van der Waals surface area contributed by atoms with Gasteiger partial charge in [0.25, 0.3) is 0 Å². The molecule has 1 rings (SSSR count). The Labute approximate surface area is 89.7 Å². The molecule has 0 saturated heterocycles. The van der Waals surface area contributed by atoms with E-state index in [9.17, 15) is 0 Å². The summed E-state index contributed by atoms with van der Waals surface area (Å²) in [6.45, 7) is 6.03. The summed E-state index contributed by atoms with van der Waals surface area (Å²) in [6, 6.07) is 0. The van der Waals surface area contributed by atoms with Gasteiger partial charge in [0.1, 0.15) is 0 Å². The molecule has 1 aromatic heterocycles. The van der Waals surface area contributed by atoms with Gasteiger partial charge in [0.05, 0.1) is 5.51 Å². The first-order valence-electron chi connectivity index (χ1n) is 5.07. The molecule has 0 spiro atoms. The molecule has 1 heterocycles. The Morgan fingerprint density at radius 3 is 2.71 bits per heavy atom. The van der Waals surface area contributed by atoms with Crippen molar-refractivity contribution in [2.24, 2.45) is 5.73 Å². The van der Waals surface area contributed by atoms with Gasteiger partial charge in [-0.3, -0.25) is 4.98 Å². The SMILES string of the molecule is CCC(N)(CC)CNCc1cncs1. The van der Waals surface area contributed by atoms with E-state index in [0.29, 0.717) is 0 Å². The molecule has 0 aromatic carbocycles. The zero-order valence-corrected chi connectivity index (χ0v) is 9.73. The summed E-state index contributed by atoms with van der Waals surface area (Å²) in [5.41, 5.74) is 7.96. The van der Waals surface area contributed by atoms with E-state index in [1.54, 1.807) is 11.3 Å². The molecule has 80 valence electrons. The van der Waals surface area contributed by atoms with Crippen molar-refractivity contribution in [2.75, 3.05) is 6.54 Å². The summed E-state index contributed by atoms with van der Waals surface area (Å²) in [5.74, 6) is 0. The molecule has 0 aliphatic rings. The first-order chi connectivity index (χ1) is 6.70. The van der Waals surface area contributed by atoms with Crippen LogP contribution in [0.4, 0.5) is 0 Å². The molecule has 0 unspecified atom stereocenters. The first-order valence-corrected chi connectivity index (χ1v) is 5.95. The molecule has 0 saturated carbocycles. The Balaban J connectivity index is 2.27. The van der Waals surface area contributed by atoms with Crippen LogP contribution in [0.1, 0.15) is 31.6 Å². The molecular weight excluding hydrogens is 194 g/mol. The fourth-order valence-corrected chi connectivity index (χ4v) is 1.83. The van der Waals surface area contributed by atoms with Crippen molar-refractivity contribution < 1.29 is 0 Å². The third-order valence-electron chi connectivity index (χ3n) is 2.67. The van der Waals surface area contributed by atoms with E-state index < -0.39 is 0 Å². The lowest BCUT2D eigenvalue weighted by Crippen LogP contribution is -2.47. The minimum absolute atomic E-state index is 0.0509. The lowest BCUT2D eigenvalue weighted by atomic mass is 9.94. The number of rotatable bonds is 6. The zero-order valence-electron chi connectivity index (χ0n) is 8.92. The minimum Gasteiger partial charge on any atom is -0.324 e. The highest BCUT2D eigenvalue weighted by atomic mass is 32.1. The number of nitrogens with two attached hydrogens (primary N) is 1. The predicted octanol–water partition coefficient (Wildman–Crippen LogP) is 1.75. The van der Waals surface area contributed by atoms with E-state index in [2.05, 4.69) is 24.1 Å². The fourth-order valence-electron chi connectivity index (χ4n) is 1.26. The van der Waals surface area contributed by atoms with Gasteiger partial charge in [0, 0.05) is 29.7 Å². The average Bonchev–Trinajstić information content (AvgIpc) is 2.70. The van der Waals surface area contributed by atoms with E-state index in [0.717, 1.165) is 25.9 Å². The normalized spacial score (nSPS) is 11.9. The van der Waals surface area contributed by atoms with Crippen LogP contribution < -0.4 is 11.1 Å². The van der Waals surface area contributed by atoms with Gasteiger partial charge in [-0.2, -0.15) is 0 Å². The second-order valence-electron chi connectivity index (χ2n) is 3.64. The van der Waals surface area contributed by atoms with Crippen molar-refractivity contribution in [1.82, 2.24) is 10.3 Å². The van der Waals surface area contributed by atoms with Crippen LogP contribution in [0, 0.1) is 0 Å². The summed E-state index contributed by atoms with van der Waals surface area (Å²) < 4.78 is 0. The summed E-state index contributed by atoms with van der Waals surface area (Å²) in [4.78, 5) is 5.29. The van der Waals surface area contributed by atoms with Gasteiger partial charge in [-0.05, 0) is 12.8 Å². The number of aromatic nitrogens is 1. The highest BCUT2D eigenvalue weighted by Crippen LogP contribution is 2.10. The summed E-state index contributed by atoms with van der Waals surface area (Å²) >= 11 is 1.67. The maximum absolute atomic E-state index is 6.16. The van der Waals surface area contributed by atoms with Crippen LogP contribution in [0.5, 0.6) is 0 Å². The summed E-state index contributed by atoms with van der Waals surface area (Å²) in [7, 11) is 0. The van der Waals surface area contributed by atoms with Crippen LogP contribution in [0.15, 0.2) is 11.7 Å². The minimum atomic E-state index is -0.0509. The highest BCUT2D eigenvalue weighted by molar-refractivity contribution is 7.09. The van der Waals surface area contributed by atoms with E-state index in [4.69, 9.17) is 5.73 Å². The maximum Gasteiger partial charge on any atom is 0.0794 e. The Bertz CT molecular complexity index is 242. The molecule has 0 amide bonds. The first kappa shape index (κ1) is 11.6. The number of hydrogen-bond donors (Lipinski definition) is 2. The van der Waals surface area contributed by atoms with E-state index in [1.165, 1.54) is 4.88 Å². The predicted molar refractivity (Wildman–Crippen MR) is 61.3 cm³/mol. The van der Waals surface area contributed by atoms with Crippen molar-refractivity contribution in [2.45, 2.75) is 38.8 Å². The van der Waals surface area contributed by atoms with Gasteiger partial charge in [-0.25, -0.2) is 0 Å². The Hall–Kier alpha value is -0.450. The smallest absolute Gasteiger partial charge is 0.0794 e. The Kier molecular flexibility index (Phi) is 4.51. The van der Waals surface area contributed by atoms with Crippen LogP contribution in [0.25, 0.3) is 0 Å². The molecule has 4 heteroatoms. The number of nitrogens with one attached hydrogen (secondary N) is 1. The molecule has 0 aliphatic carbocycles. The van der Waals surface area contributed by atoms with Gasteiger partial charge in [-0.1, -0.05) is 13.8 Å². The van der Waals surface area contributed by atoms with E-state index in [1.807, 2.05) is 11.7 Å². The van der Waals surface area contributed by atoms with Crippen molar-refractivity contribution >= 4 is 11.3 Å². The average molecular weight is 213 g/mol. The molecule has 0 bridgehead atoms. The van der Waals surface area contributed by atoms with Crippen molar-refractivity contribution in [3.05, 3.63) is 16.6 Å². The number of hydrogen-bond acceptors (Lipinski definition) is 4. The molecule has 0 radical (unpaired) electrons. The monoisotopic (exact) mass is 213 g/mol. The third-order valence-corrected chi connectivity index (χ3v) is 3.45. The number of nitrogens with zero attached hydrogens (tertiary/aromatic N) is 1. The van der Waals surface area contributed by atoms with Crippen LogP contribution in [0.3, 0.4) is 0 Å². The fraction of sp³-hybridized carbons (Fsp3) is 0.700. The van der Waals surface area contributed by atoms with Gasteiger partial charge >= 0.3 is 0 Å². The molecule has 0 aliphatic heterocycles. The van der Waals surface area contributed by atoms with Crippen LogP contribution in [-0.2, 0) is 6.54 Å². The third kappa shape index (κ3) is 3.36. The van der Waals surface area contributed by atoms with Gasteiger partial charge in [0.2, 0.25) is 0 Å². The highest BCUT2D eigenvalue weighted by Gasteiger charge is 2.18. The lowest BCUT2D eigenvalue weighted by molar-refractivity contribution is 0.370. The maximum atomic E-state index is 6.16. The van der Waals surface area contributed by atoms with Crippen LogP contribution in [0.2, 0.25) is 0 Å². The second-order valence-corrected chi connectivity index (χ2v) is 4.61. The Morgan fingerprint density at radius 2 is 2.21 bits per heavy atom. The summed E-state index contributed by atoms with van der Waals surface area (Å²) in [6.07, 6.45) is 3.92. The van der Waals surface area contributed by atoms with Crippen molar-refractivity contribution in [3.63, 3.8) is 0 Å². The molecule has 3 nitrogen and oxygen atoms in total. The molecule has 14 heavy (non-hydrogen) atoms. The Morgan fingerprint density at radius 1 is 1.50 bits per heavy atom. The van der Waals surface area contributed by atoms with Crippen LogP contribution >= 0.6 is 11.3 Å². The van der Waals surface area contributed by atoms with Crippen LogP contribution in [-0.4, -0.2) is 17.1 Å². The van der Waals surface area contributed by atoms with Gasteiger partial charge in [0.15, 0.2) is 0 Å². The summed E-state index contributed by atoms with van der Waals surface area (Å²) in [5, 5.41) is 3.38. The second kappa shape index (κ2) is 5.44. The quantitative estimate of drug-likeness (QED) is 0.757. The van der Waals surface area contributed by atoms with E-state index in [-0.39, 0.29) is 5.54 Å². The molecular formula is C10H19N3S. The molecule has 0 fully saturated rings. The zero-order chi connectivity index (χ0) is 10.4. The molecule has 0 atom stereocenters. The largest absolute Gasteiger partial charge is 0.324 e. The number of thiazole rings is 1. The molecule has 3 N–H and O–H groups in total. The van der Waals surface area contributed by atoms with Gasteiger partial charge < -0.3 is 11.1 Å². The topological polar surface area (TPSA) is 50.9 Å². The van der Waals surface area contributed by atoms with Gasteiger partial charge in [-0.15, -0.1) is 11.3 Å². The standard InChI is InChI=1S/C10H19N3S/c1-3-10(11,4-2)7-12-5-9-6-13-8-14-9/h6,8,12H,3-5,7,11H2,1-2H3. The van der Waals surface area contributed by atoms with E-state index >= 15 is 0 Å². The molecule has 1 aromatic rings. The van der Waals surface area contributed by atoms with Crippen molar-refractivity contribution in [1.29, 1.82) is 0 Å².